The maximum absolute atomic E-state index is 4.54. The van der Waals surface area contributed by atoms with Gasteiger partial charge in [0.2, 0.25) is 0 Å². The summed E-state index contributed by atoms with van der Waals surface area (Å²) in [5.41, 5.74) is 3.30. The van der Waals surface area contributed by atoms with Crippen LogP contribution in [-0.4, -0.2) is 4.98 Å². The third kappa shape index (κ3) is 1.59. The highest BCUT2D eigenvalue weighted by Crippen LogP contribution is 2.31. The largest absolute Gasteiger partial charge is 0.253 e. The highest BCUT2D eigenvalue weighted by atomic mass is 79.9. The Balaban J connectivity index is 2.95. The first kappa shape index (κ1) is 10.1. The van der Waals surface area contributed by atoms with E-state index in [-0.39, 0.29) is 0 Å². The molecule has 0 N–H and O–H groups in total. The number of nitrogens with zero attached hydrogens (tertiary/aromatic N) is 1. The average Bonchev–Trinajstić information content (AvgIpc) is 2.14. The summed E-state index contributed by atoms with van der Waals surface area (Å²) in [6.07, 6.45) is 0. The van der Waals surface area contributed by atoms with Crippen molar-refractivity contribution in [2.24, 2.45) is 0 Å². The van der Waals surface area contributed by atoms with Crippen LogP contribution >= 0.6 is 31.9 Å². The SMILES string of the molecule is Cc1ccc2c(Br)cc(Br)c(C)c2n1. The lowest BCUT2D eigenvalue weighted by molar-refractivity contribution is 1.23. The molecule has 3 heteroatoms. The van der Waals surface area contributed by atoms with Gasteiger partial charge in [-0.1, -0.05) is 31.9 Å². The molecule has 0 saturated heterocycles. The van der Waals surface area contributed by atoms with Crippen LogP contribution in [0, 0.1) is 13.8 Å². The first-order valence-electron chi connectivity index (χ1n) is 4.31. The molecule has 0 radical (unpaired) electrons. The van der Waals surface area contributed by atoms with Crippen molar-refractivity contribution in [3.05, 3.63) is 38.4 Å². The van der Waals surface area contributed by atoms with Gasteiger partial charge in [-0.05, 0) is 37.6 Å². The number of halogens is 2. The Morgan fingerprint density at radius 1 is 1.07 bits per heavy atom. The molecule has 14 heavy (non-hydrogen) atoms. The third-order valence-electron chi connectivity index (χ3n) is 2.26. The number of aromatic nitrogens is 1. The molecule has 0 fully saturated rings. The number of benzene rings is 1. The molecule has 2 aromatic rings. The molecule has 1 nitrogen and oxygen atoms in total. The van der Waals surface area contributed by atoms with Crippen LogP contribution in [0.1, 0.15) is 11.3 Å². The molecule has 1 aromatic heterocycles. The van der Waals surface area contributed by atoms with Crippen LogP contribution in [0.4, 0.5) is 0 Å². The molecule has 0 bridgehead atoms. The van der Waals surface area contributed by atoms with Crippen molar-refractivity contribution in [3.63, 3.8) is 0 Å². The Hall–Kier alpha value is -0.410. The maximum atomic E-state index is 4.54. The van der Waals surface area contributed by atoms with E-state index in [1.165, 1.54) is 5.56 Å². The van der Waals surface area contributed by atoms with Gasteiger partial charge in [0.15, 0.2) is 0 Å². The van der Waals surface area contributed by atoms with Crippen LogP contribution in [0.2, 0.25) is 0 Å². The number of hydrogen-bond donors (Lipinski definition) is 0. The van der Waals surface area contributed by atoms with E-state index in [0.29, 0.717) is 0 Å². The van der Waals surface area contributed by atoms with Crippen molar-refractivity contribution >= 4 is 42.8 Å². The maximum Gasteiger partial charge on any atom is 0.0756 e. The molecule has 1 heterocycles. The van der Waals surface area contributed by atoms with E-state index in [1.54, 1.807) is 0 Å². The Labute approximate surface area is 99.8 Å². The molecule has 2 rings (SSSR count). The van der Waals surface area contributed by atoms with Gasteiger partial charge in [-0.2, -0.15) is 0 Å². The van der Waals surface area contributed by atoms with Gasteiger partial charge in [0.25, 0.3) is 0 Å². The molecular weight excluding hydrogens is 306 g/mol. The molecular formula is C11H9Br2N. The van der Waals surface area contributed by atoms with E-state index in [1.807, 2.05) is 13.0 Å². The van der Waals surface area contributed by atoms with Crippen molar-refractivity contribution < 1.29 is 0 Å². The Kier molecular flexibility index (Phi) is 2.62. The molecule has 1 aromatic carbocycles. The van der Waals surface area contributed by atoms with Gasteiger partial charge in [-0.25, -0.2) is 0 Å². The van der Waals surface area contributed by atoms with Gasteiger partial charge in [0.1, 0.15) is 0 Å². The van der Waals surface area contributed by atoms with Gasteiger partial charge in [-0.3, -0.25) is 4.98 Å². The lowest BCUT2D eigenvalue weighted by atomic mass is 10.1. The van der Waals surface area contributed by atoms with Crippen LogP contribution in [0.25, 0.3) is 10.9 Å². The van der Waals surface area contributed by atoms with E-state index >= 15 is 0 Å². The van der Waals surface area contributed by atoms with Crippen LogP contribution in [0.5, 0.6) is 0 Å². The summed E-state index contributed by atoms with van der Waals surface area (Å²) in [6.45, 7) is 4.08. The average molecular weight is 315 g/mol. The molecule has 0 unspecified atom stereocenters. The fourth-order valence-corrected chi connectivity index (χ4v) is 2.72. The lowest BCUT2D eigenvalue weighted by Crippen LogP contribution is -1.88. The Bertz CT molecular complexity index is 506. The van der Waals surface area contributed by atoms with E-state index in [0.717, 1.165) is 25.5 Å². The van der Waals surface area contributed by atoms with Crippen LogP contribution in [-0.2, 0) is 0 Å². The molecule has 0 amide bonds. The smallest absolute Gasteiger partial charge is 0.0756 e. The minimum atomic E-state index is 1.05. The minimum Gasteiger partial charge on any atom is -0.253 e. The molecule has 0 spiro atoms. The second kappa shape index (κ2) is 3.63. The first-order chi connectivity index (χ1) is 6.59. The zero-order chi connectivity index (χ0) is 10.3. The van der Waals surface area contributed by atoms with Gasteiger partial charge in [0, 0.05) is 20.0 Å². The van der Waals surface area contributed by atoms with Gasteiger partial charge >= 0.3 is 0 Å². The number of pyridine rings is 1. The first-order valence-corrected chi connectivity index (χ1v) is 5.90. The number of hydrogen-bond acceptors (Lipinski definition) is 1. The fraction of sp³-hybridized carbons (Fsp3) is 0.182. The lowest BCUT2D eigenvalue weighted by Gasteiger charge is -2.06. The fourth-order valence-electron chi connectivity index (χ4n) is 1.45. The van der Waals surface area contributed by atoms with Crippen molar-refractivity contribution in [1.82, 2.24) is 4.98 Å². The zero-order valence-corrected chi connectivity index (χ0v) is 11.1. The van der Waals surface area contributed by atoms with Gasteiger partial charge < -0.3 is 0 Å². The minimum absolute atomic E-state index is 1.05. The predicted molar refractivity (Wildman–Crippen MR) is 66.6 cm³/mol. The quantitative estimate of drug-likeness (QED) is 0.703. The Morgan fingerprint density at radius 3 is 2.50 bits per heavy atom. The summed E-state index contributed by atoms with van der Waals surface area (Å²) in [5, 5.41) is 1.16. The molecule has 0 aliphatic carbocycles. The summed E-state index contributed by atoms with van der Waals surface area (Å²) in [6, 6.07) is 6.19. The number of aryl methyl sites for hydroxylation is 2. The molecule has 0 aliphatic rings. The van der Waals surface area contributed by atoms with Crippen molar-refractivity contribution in [3.8, 4) is 0 Å². The number of rotatable bonds is 0. The Morgan fingerprint density at radius 2 is 1.79 bits per heavy atom. The van der Waals surface area contributed by atoms with E-state index in [9.17, 15) is 0 Å². The van der Waals surface area contributed by atoms with Crippen LogP contribution in [0.15, 0.2) is 27.1 Å². The molecule has 0 atom stereocenters. The van der Waals surface area contributed by atoms with Crippen molar-refractivity contribution in [2.75, 3.05) is 0 Å². The normalized spacial score (nSPS) is 10.9. The van der Waals surface area contributed by atoms with E-state index in [2.05, 4.69) is 55.9 Å². The van der Waals surface area contributed by atoms with Crippen molar-refractivity contribution in [1.29, 1.82) is 0 Å². The standard InChI is InChI=1S/C11H9Br2N/c1-6-3-4-8-10(13)5-9(12)7(2)11(8)14-6/h3-5H,1-2H3. The van der Waals surface area contributed by atoms with E-state index in [4.69, 9.17) is 0 Å². The predicted octanol–water partition coefficient (Wildman–Crippen LogP) is 4.38. The second-order valence-corrected chi connectivity index (χ2v) is 5.02. The highest BCUT2D eigenvalue weighted by Gasteiger charge is 2.06. The summed E-state index contributed by atoms with van der Waals surface area (Å²) in [7, 11) is 0. The second-order valence-electron chi connectivity index (χ2n) is 3.31. The zero-order valence-electron chi connectivity index (χ0n) is 7.94. The monoisotopic (exact) mass is 313 g/mol. The molecule has 0 aliphatic heterocycles. The molecule has 0 saturated carbocycles. The summed E-state index contributed by atoms with van der Waals surface area (Å²) in [5.74, 6) is 0. The van der Waals surface area contributed by atoms with Crippen LogP contribution in [0.3, 0.4) is 0 Å². The highest BCUT2D eigenvalue weighted by molar-refractivity contribution is 9.11. The van der Waals surface area contributed by atoms with Crippen LogP contribution < -0.4 is 0 Å². The summed E-state index contributed by atoms with van der Waals surface area (Å²) in [4.78, 5) is 4.54. The number of fused-ring (bicyclic) bond motifs is 1. The summed E-state index contributed by atoms with van der Waals surface area (Å²) < 4.78 is 2.17. The van der Waals surface area contributed by atoms with E-state index < -0.39 is 0 Å². The third-order valence-corrected chi connectivity index (χ3v) is 3.74. The molecule has 72 valence electrons. The van der Waals surface area contributed by atoms with Gasteiger partial charge in [-0.15, -0.1) is 0 Å². The van der Waals surface area contributed by atoms with Gasteiger partial charge in [0.05, 0.1) is 5.52 Å². The topological polar surface area (TPSA) is 12.9 Å². The van der Waals surface area contributed by atoms with Crippen molar-refractivity contribution in [2.45, 2.75) is 13.8 Å². The summed E-state index contributed by atoms with van der Waals surface area (Å²) >= 11 is 7.06.